The molecule has 1 unspecified atom stereocenters. The first-order valence-electron chi connectivity index (χ1n) is 8.03. The summed E-state index contributed by atoms with van der Waals surface area (Å²) < 4.78 is 1.25. The normalized spacial score (nSPS) is 17.8. The lowest BCUT2D eigenvalue weighted by molar-refractivity contribution is -0.136. The van der Waals surface area contributed by atoms with Crippen LogP contribution in [0.3, 0.4) is 0 Å². The molecule has 2 aromatic rings. The van der Waals surface area contributed by atoms with E-state index in [-0.39, 0.29) is 5.92 Å². The van der Waals surface area contributed by atoms with Gasteiger partial charge in [0, 0.05) is 32.1 Å². The molecule has 5 heteroatoms. The molecule has 1 amide bonds. The number of para-hydroxylation sites is 1. The Morgan fingerprint density at radius 1 is 1.27 bits per heavy atom. The minimum Gasteiger partial charge on any atom is -0.340 e. The second-order valence-electron chi connectivity index (χ2n) is 5.99. The van der Waals surface area contributed by atoms with E-state index >= 15 is 0 Å². The zero-order valence-electron chi connectivity index (χ0n) is 13.3. The third-order valence-corrected chi connectivity index (χ3v) is 5.44. The van der Waals surface area contributed by atoms with E-state index in [0.717, 1.165) is 44.7 Å². The number of thiazole rings is 1. The summed E-state index contributed by atoms with van der Waals surface area (Å²) in [6, 6.07) is 8.28. The van der Waals surface area contributed by atoms with Gasteiger partial charge in [0.05, 0.1) is 16.8 Å². The van der Waals surface area contributed by atoms with E-state index < -0.39 is 0 Å². The van der Waals surface area contributed by atoms with Crippen molar-refractivity contribution in [3.8, 4) is 0 Å². The average Bonchev–Trinajstić information content (AvgIpc) is 2.96. The Balaban J connectivity index is 1.56. The number of carbonyl (C=O) groups is 1. The molecule has 3 rings (SSSR count). The predicted molar refractivity (Wildman–Crippen MR) is 90.9 cm³/mol. The van der Waals surface area contributed by atoms with Gasteiger partial charge < -0.3 is 4.90 Å². The van der Waals surface area contributed by atoms with Crippen LogP contribution in [-0.2, 0) is 11.3 Å². The van der Waals surface area contributed by atoms with Crippen LogP contribution in [0.5, 0.6) is 0 Å². The molecule has 0 radical (unpaired) electrons. The van der Waals surface area contributed by atoms with Crippen molar-refractivity contribution in [3.63, 3.8) is 0 Å². The van der Waals surface area contributed by atoms with Crippen LogP contribution in [0.15, 0.2) is 24.3 Å². The summed E-state index contributed by atoms with van der Waals surface area (Å²) in [5.74, 6) is 0.456. The first-order valence-corrected chi connectivity index (χ1v) is 8.84. The van der Waals surface area contributed by atoms with Crippen molar-refractivity contribution >= 4 is 27.5 Å². The number of hydrogen-bond donors (Lipinski definition) is 0. The molecule has 1 aliphatic rings. The Hall–Kier alpha value is -1.46. The number of nitrogens with zero attached hydrogens (tertiary/aromatic N) is 3. The molecular weight excluding hydrogens is 294 g/mol. The summed E-state index contributed by atoms with van der Waals surface area (Å²) in [6.45, 7) is 8.56. The van der Waals surface area contributed by atoms with E-state index in [4.69, 9.17) is 4.98 Å². The SMILES string of the molecule is CCC(C)C(=O)N1CCN(Cc2nc3ccccc3s2)CC1. The van der Waals surface area contributed by atoms with E-state index in [1.807, 2.05) is 17.9 Å². The maximum absolute atomic E-state index is 12.2. The average molecular weight is 317 g/mol. The highest BCUT2D eigenvalue weighted by atomic mass is 32.1. The summed E-state index contributed by atoms with van der Waals surface area (Å²) in [6.07, 6.45) is 0.921. The zero-order valence-corrected chi connectivity index (χ0v) is 14.1. The van der Waals surface area contributed by atoms with Gasteiger partial charge in [0.15, 0.2) is 0 Å². The van der Waals surface area contributed by atoms with Crippen molar-refractivity contribution in [2.24, 2.45) is 5.92 Å². The first-order chi connectivity index (χ1) is 10.7. The number of aromatic nitrogens is 1. The van der Waals surface area contributed by atoms with Crippen molar-refractivity contribution in [1.29, 1.82) is 0 Å². The van der Waals surface area contributed by atoms with Gasteiger partial charge in [-0.1, -0.05) is 26.0 Å². The number of hydrogen-bond acceptors (Lipinski definition) is 4. The fourth-order valence-corrected chi connectivity index (χ4v) is 3.80. The van der Waals surface area contributed by atoms with Gasteiger partial charge >= 0.3 is 0 Å². The Labute approximate surface area is 135 Å². The quantitative estimate of drug-likeness (QED) is 0.870. The molecule has 4 nitrogen and oxygen atoms in total. The summed E-state index contributed by atoms with van der Waals surface area (Å²) in [7, 11) is 0. The van der Waals surface area contributed by atoms with Crippen molar-refractivity contribution < 1.29 is 4.79 Å². The zero-order chi connectivity index (χ0) is 15.5. The highest BCUT2D eigenvalue weighted by Gasteiger charge is 2.24. The largest absolute Gasteiger partial charge is 0.340 e. The molecule has 118 valence electrons. The molecule has 1 saturated heterocycles. The summed E-state index contributed by atoms with van der Waals surface area (Å²) >= 11 is 1.77. The molecule has 1 aromatic carbocycles. The van der Waals surface area contributed by atoms with E-state index in [2.05, 4.69) is 30.0 Å². The van der Waals surface area contributed by atoms with E-state index in [9.17, 15) is 4.79 Å². The van der Waals surface area contributed by atoms with Crippen molar-refractivity contribution in [1.82, 2.24) is 14.8 Å². The van der Waals surface area contributed by atoms with Gasteiger partial charge in [-0.05, 0) is 18.6 Å². The summed E-state index contributed by atoms with van der Waals surface area (Å²) in [4.78, 5) is 21.3. The number of amides is 1. The highest BCUT2D eigenvalue weighted by Crippen LogP contribution is 2.23. The Kier molecular flexibility index (Phi) is 4.74. The van der Waals surface area contributed by atoms with Crippen LogP contribution in [0, 0.1) is 5.92 Å². The van der Waals surface area contributed by atoms with E-state index in [1.54, 1.807) is 11.3 Å². The maximum Gasteiger partial charge on any atom is 0.225 e. The summed E-state index contributed by atoms with van der Waals surface area (Å²) in [5.41, 5.74) is 1.09. The van der Waals surface area contributed by atoms with Crippen molar-refractivity contribution in [2.45, 2.75) is 26.8 Å². The Morgan fingerprint density at radius 3 is 2.68 bits per heavy atom. The molecule has 1 aliphatic heterocycles. The molecule has 22 heavy (non-hydrogen) atoms. The van der Waals surface area contributed by atoms with Crippen LogP contribution in [0.1, 0.15) is 25.3 Å². The fraction of sp³-hybridized carbons (Fsp3) is 0.529. The van der Waals surface area contributed by atoms with Gasteiger partial charge in [0.1, 0.15) is 5.01 Å². The topological polar surface area (TPSA) is 36.4 Å². The van der Waals surface area contributed by atoms with Crippen molar-refractivity contribution in [3.05, 3.63) is 29.3 Å². The van der Waals surface area contributed by atoms with Crippen LogP contribution in [-0.4, -0.2) is 46.9 Å². The smallest absolute Gasteiger partial charge is 0.225 e. The fourth-order valence-electron chi connectivity index (χ4n) is 2.79. The Bertz CT molecular complexity index is 613. The second kappa shape index (κ2) is 6.75. The van der Waals surface area contributed by atoms with Gasteiger partial charge in [-0.15, -0.1) is 11.3 Å². The number of fused-ring (bicyclic) bond motifs is 1. The standard InChI is InChI=1S/C17H23N3OS/c1-3-13(2)17(21)20-10-8-19(9-11-20)12-16-18-14-6-4-5-7-15(14)22-16/h4-7,13H,3,8-12H2,1-2H3. The number of piperazine rings is 1. The molecule has 1 aromatic heterocycles. The predicted octanol–water partition coefficient (Wildman–Crippen LogP) is 2.99. The lowest BCUT2D eigenvalue weighted by atomic mass is 10.1. The number of carbonyl (C=O) groups excluding carboxylic acids is 1. The molecular formula is C17H23N3OS. The van der Waals surface area contributed by atoms with Crippen LogP contribution in [0.2, 0.25) is 0 Å². The monoisotopic (exact) mass is 317 g/mol. The second-order valence-corrected chi connectivity index (χ2v) is 7.10. The molecule has 0 spiro atoms. The van der Waals surface area contributed by atoms with E-state index in [1.165, 1.54) is 9.71 Å². The minimum atomic E-state index is 0.149. The summed E-state index contributed by atoms with van der Waals surface area (Å²) in [5, 5.41) is 1.17. The Morgan fingerprint density at radius 2 is 2.00 bits per heavy atom. The molecule has 0 bridgehead atoms. The highest BCUT2D eigenvalue weighted by molar-refractivity contribution is 7.18. The van der Waals surface area contributed by atoms with Gasteiger partial charge in [0.25, 0.3) is 0 Å². The molecule has 0 aliphatic carbocycles. The third-order valence-electron chi connectivity index (χ3n) is 4.41. The molecule has 0 N–H and O–H groups in total. The molecule has 1 fully saturated rings. The van der Waals surface area contributed by atoms with Crippen LogP contribution in [0.25, 0.3) is 10.2 Å². The molecule has 2 heterocycles. The van der Waals surface area contributed by atoms with Crippen molar-refractivity contribution in [2.75, 3.05) is 26.2 Å². The van der Waals surface area contributed by atoms with Gasteiger partial charge in [-0.3, -0.25) is 9.69 Å². The van der Waals surface area contributed by atoms with Gasteiger partial charge in [0.2, 0.25) is 5.91 Å². The lowest BCUT2D eigenvalue weighted by Gasteiger charge is -2.35. The van der Waals surface area contributed by atoms with Gasteiger partial charge in [-0.2, -0.15) is 0 Å². The third kappa shape index (κ3) is 3.31. The van der Waals surface area contributed by atoms with E-state index in [0.29, 0.717) is 5.91 Å². The number of benzene rings is 1. The van der Waals surface area contributed by atoms with Crippen LogP contribution >= 0.6 is 11.3 Å². The number of rotatable bonds is 4. The van der Waals surface area contributed by atoms with Crippen LogP contribution < -0.4 is 0 Å². The maximum atomic E-state index is 12.2. The molecule has 1 atom stereocenters. The molecule has 0 saturated carbocycles. The minimum absolute atomic E-state index is 0.149. The lowest BCUT2D eigenvalue weighted by Crippen LogP contribution is -2.49. The first kappa shape index (κ1) is 15.4. The van der Waals surface area contributed by atoms with Gasteiger partial charge in [-0.25, -0.2) is 4.98 Å². The van der Waals surface area contributed by atoms with Crippen LogP contribution in [0.4, 0.5) is 0 Å².